The second-order valence-corrected chi connectivity index (χ2v) is 6.22. The van der Waals surface area contributed by atoms with Crippen molar-refractivity contribution in [2.24, 2.45) is 5.73 Å². The van der Waals surface area contributed by atoms with Crippen molar-refractivity contribution in [1.82, 2.24) is 5.32 Å². The Morgan fingerprint density at radius 1 is 1.17 bits per heavy atom. The normalized spacial score (nSPS) is 12.6. The molecule has 0 spiro atoms. The van der Waals surface area contributed by atoms with Gasteiger partial charge in [-0.2, -0.15) is 0 Å². The fourth-order valence-electron chi connectivity index (χ4n) is 2.53. The lowest BCUT2D eigenvalue weighted by Crippen LogP contribution is -2.30. The van der Waals surface area contributed by atoms with Gasteiger partial charge in [-0.3, -0.25) is 14.9 Å². The van der Waals surface area contributed by atoms with Crippen molar-refractivity contribution in [2.45, 2.75) is 25.2 Å². The van der Waals surface area contributed by atoms with E-state index in [0.29, 0.717) is 0 Å². The van der Waals surface area contributed by atoms with Crippen LogP contribution in [-0.4, -0.2) is 39.8 Å². The maximum absolute atomic E-state index is 11.7. The number of hydrogen-bond donors (Lipinski definition) is 4. The highest BCUT2D eigenvalue weighted by molar-refractivity contribution is 5.93. The number of nitrogens with zero attached hydrogens (tertiary/aromatic N) is 1. The topological polar surface area (TPSA) is 165 Å². The number of nitrogens with one attached hydrogen (secondary N) is 1. The molecule has 29 heavy (non-hydrogen) atoms. The van der Waals surface area contributed by atoms with E-state index in [9.17, 15) is 29.9 Å². The maximum atomic E-state index is 11.7. The molecule has 0 saturated heterocycles. The summed E-state index contributed by atoms with van der Waals surface area (Å²) >= 11 is 0. The van der Waals surface area contributed by atoms with Crippen molar-refractivity contribution in [3.8, 4) is 0 Å². The van der Waals surface area contributed by atoms with Gasteiger partial charge in [0.1, 0.15) is 12.7 Å². The molecule has 2 rings (SSSR count). The van der Waals surface area contributed by atoms with E-state index in [1.807, 2.05) is 18.2 Å². The molecule has 0 radical (unpaired) electrons. The Bertz CT molecular complexity index is 841. The first-order valence-corrected chi connectivity index (χ1v) is 8.67. The van der Waals surface area contributed by atoms with E-state index in [1.54, 1.807) is 12.1 Å². The third kappa shape index (κ3) is 6.55. The van der Waals surface area contributed by atoms with E-state index in [0.717, 1.165) is 17.7 Å². The summed E-state index contributed by atoms with van der Waals surface area (Å²) in [5, 5.41) is 33.8. The van der Waals surface area contributed by atoms with Gasteiger partial charge in [0.15, 0.2) is 0 Å². The van der Waals surface area contributed by atoms with Crippen molar-refractivity contribution >= 4 is 17.7 Å². The smallest absolute Gasteiger partial charge is 0.407 e. The Kier molecular flexibility index (Phi) is 7.63. The van der Waals surface area contributed by atoms with Crippen LogP contribution in [0.1, 0.15) is 34.0 Å². The number of primary amides is 1. The largest absolute Gasteiger partial charge is 0.445 e. The Morgan fingerprint density at radius 3 is 2.48 bits per heavy atom. The summed E-state index contributed by atoms with van der Waals surface area (Å²) in [6.45, 7) is 0.0743. The summed E-state index contributed by atoms with van der Waals surface area (Å²) in [5.74, 6) is -0.903. The Hall–Kier alpha value is -3.50. The third-order valence-electron chi connectivity index (χ3n) is 4.06. The Balaban J connectivity index is 1.88. The van der Waals surface area contributed by atoms with E-state index in [-0.39, 0.29) is 30.7 Å². The molecule has 0 aliphatic carbocycles. The molecule has 2 unspecified atom stereocenters. The molecule has 0 aromatic heterocycles. The highest BCUT2D eigenvalue weighted by Crippen LogP contribution is 2.25. The lowest BCUT2D eigenvalue weighted by molar-refractivity contribution is -0.385. The lowest BCUT2D eigenvalue weighted by atomic mass is 9.99. The van der Waals surface area contributed by atoms with Gasteiger partial charge < -0.3 is 26.0 Å². The number of non-ortho nitro benzene ring substituents is 1. The summed E-state index contributed by atoms with van der Waals surface area (Å²) in [6.07, 6.45) is -3.62. The average Bonchev–Trinajstić information content (AvgIpc) is 2.71. The van der Waals surface area contributed by atoms with Crippen molar-refractivity contribution < 1.29 is 29.5 Å². The molecule has 2 aromatic rings. The van der Waals surface area contributed by atoms with Gasteiger partial charge in [0.25, 0.3) is 5.69 Å². The number of carbonyl (C=O) groups excluding carboxylic acids is 2. The minimum atomic E-state index is -1.52. The number of nitrogens with two attached hydrogens (primary N) is 1. The van der Waals surface area contributed by atoms with Gasteiger partial charge in [0.2, 0.25) is 5.91 Å². The molecule has 10 heteroatoms. The third-order valence-corrected chi connectivity index (χ3v) is 4.06. The molecule has 10 nitrogen and oxygen atoms in total. The zero-order chi connectivity index (χ0) is 21.4. The molecule has 2 aromatic carbocycles. The number of nitro benzene ring substituents is 1. The second kappa shape index (κ2) is 10.2. The molecular formula is C19H21N3O7. The number of aliphatic hydroxyl groups is 2. The predicted molar refractivity (Wildman–Crippen MR) is 102 cm³/mol. The number of alkyl carbamates (subject to hydrolysis) is 1. The number of benzene rings is 2. The van der Waals surface area contributed by atoms with E-state index >= 15 is 0 Å². The number of amides is 2. The van der Waals surface area contributed by atoms with Crippen LogP contribution in [0.15, 0.2) is 48.5 Å². The van der Waals surface area contributed by atoms with Gasteiger partial charge in [-0.05, 0) is 23.6 Å². The molecule has 5 N–H and O–H groups in total. The first kappa shape index (κ1) is 21.8. The average molecular weight is 403 g/mol. The van der Waals surface area contributed by atoms with Gasteiger partial charge >= 0.3 is 6.09 Å². The van der Waals surface area contributed by atoms with Crippen LogP contribution >= 0.6 is 0 Å². The monoisotopic (exact) mass is 403 g/mol. The van der Waals surface area contributed by atoms with Crippen LogP contribution in [0.5, 0.6) is 0 Å². The summed E-state index contributed by atoms with van der Waals surface area (Å²) < 4.78 is 5.02. The molecule has 154 valence electrons. The van der Waals surface area contributed by atoms with E-state index in [2.05, 4.69) is 5.32 Å². The van der Waals surface area contributed by atoms with Crippen LogP contribution in [0.4, 0.5) is 10.5 Å². The van der Waals surface area contributed by atoms with Gasteiger partial charge in [-0.15, -0.1) is 0 Å². The molecular weight excluding hydrogens is 382 g/mol. The summed E-state index contributed by atoms with van der Waals surface area (Å²) in [7, 11) is 0. The first-order chi connectivity index (χ1) is 13.8. The molecule has 0 aliphatic heterocycles. The van der Waals surface area contributed by atoms with Crippen LogP contribution in [0.2, 0.25) is 0 Å². The van der Waals surface area contributed by atoms with Gasteiger partial charge in [-0.1, -0.05) is 30.3 Å². The fourth-order valence-corrected chi connectivity index (χ4v) is 2.53. The predicted octanol–water partition coefficient (Wildman–Crippen LogP) is 1.40. The molecule has 2 atom stereocenters. The fraction of sp³-hybridized carbons (Fsp3) is 0.263. The standard InChI is InChI=1S/C19H21N3O7/c20-18(25)14-8-13(9-15(10-14)22(27)28)17(24)16(23)6-7-21-19(26)29-11-12-4-2-1-3-5-12/h1-5,8-10,16-17,23-24H,6-7,11H2,(H2,20,25)(H,21,26). The number of hydrogen-bond acceptors (Lipinski definition) is 7. The van der Waals surface area contributed by atoms with Crippen LogP contribution < -0.4 is 11.1 Å². The van der Waals surface area contributed by atoms with E-state index in [4.69, 9.17) is 10.5 Å². The van der Waals surface area contributed by atoms with Crippen LogP contribution in [0.25, 0.3) is 0 Å². The maximum Gasteiger partial charge on any atom is 0.407 e. The molecule has 0 bridgehead atoms. The number of carbonyl (C=O) groups is 2. The minimum Gasteiger partial charge on any atom is -0.445 e. The second-order valence-electron chi connectivity index (χ2n) is 6.22. The summed E-state index contributed by atoms with van der Waals surface area (Å²) in [5.41, 5.74) is 5.32. The summed E-state index contributed by atoms with van der Waals surface area (Å²) in [4.78, 5) is 33.2. The number of ether oxygens (including phenoxy) is 1. The van der Waals surface area contributed by atoms with Crippen LogP contribution in [0.3, 0.4) is 0 Å². The lowest BCUT2D eigenvalue weighted by Gasteiger charge is -2.18. The van der Waals surface area contributed by atoms with Crippen molar-refractivity contribution in [3.63, 3.8) is 0 Å². The minimum absolute atomic E-state index is 0.0105. The number of rotatable bonds is 9. The Morgan fingerprint density at radius 2 is 1.86 bits per heavy atom. The zero-order valence-electron chi connectivity index (χ0n) is 15.4. The number of aliphatic hydroxyl groups excluding tert-OH is 2. The zero-order valence-corrected chi connectivity index (χ0v) is 15.4. The molecule has 0 fully saturated rings. The number of nitro groups is 1. The van der Waals surface area contributed by atoms with Crippen molar-refractivity contribution in [1.29, 1.82) is 0 Å². The SMILES string of the molecule is NC(=O)c1cc(C(O)C(O)CCNC(=O)OCc2ccccc2)cc([N+](=O)[O-])c1. The molecule has 0 aliphatic rings. The van der Waals surface area contributed by atoms with Crippen LogP contribution in [0, 0.1) is 10.1 Å². The summed E-state index contributed by atoms with van der Waals surface area (Å²) in [6, 6.07) is 12.3. The molecule has 2 amide bonds. The van der Waals surface area contributed by atoms with Crippen LogP contribution in [-0.2, 0) is 11.3 Å². The van der Waals surface area contributed by atoms with Crippen molar-refractivity contribution in [2.75, 3.05) is 6.54 Å². The Labute approximate surface area is 166 Å². The van der Waals surface area contributed by atoms with Gasteiger partial charge in [0.05, 0.1) is 11.0 Å². The first-order valence-electron chi connectivity index (χ1n) is 8.67. The quantitative estimate of drug-likeness (QED) is 0.363. The highest BCUT2D eigenvalue weighted by atomic mass is 16.6. The van der Waals surface area contributed by atoms with Gasteiger partial charge in [-0.25, -0.2) is 4.79 Å². The van der Waals surface area contributed by atoms with Crippen molar-refractivity contribution in [3.05, 3.63) is 75.3 Å². The van der Waals surface area contributed by atoms with Gasteiger partial charge in [0, 0.05) is 24.2 Å². The highest BCUT2D eigenvalue weighted by Gasteiger charge is 2.23. The molecule has 0 heterocycles. The van der Waals surface area contributed by atoms with E-state index < -0.39 is 34.8 Å². The van der Waals surface area contributed by atoms with E-state index in [1.165, 1.54) is 6.07 Å². The molecule has 0 saturated carbocycles.